The number of anilines is 3. The third kappa shape index (κ3) is 7.38. The summed E-state index contributed by atoms with van der Waals surface area (Å²) in [7, 11) is 4.61. The molecule has 2 saturated heterocycles. The number of benzene rings is 2. The maximum absolute atomic E-state index is 14.0. The molecule has 7 rings (SSSR count). The van der Waals surface area contributed by atoms with Gasteiger partial charge in [0.1, 0.15) is 25.2 Å². The maximum atomic E-state index is 14.0. The zero-order valence-corrected chi connectivity index (χ0v) is 33.9. The molecule has 0 radical (unpaired) electrons. The summed E-state index contributed by atoms with van der Waals surface area (Å²) in [6.45, 7) is 11.1. The summed E-state index contributed by atoms with van der Waals surface area (Å²) in [4.78, 5) is 65.4. The average molecular weight is 791 g/mol. The third-order valence-electron chi connectivity index (χ3n) is 11.8. The summed E-state index contributed by atoms with van der Waals surface area (Å²) in [5.41, 5.74) is 2.15. The van der Waals surface area contributed by atoms with Crippen LogP contribution in [-0.2, 0) is 39.5 Å². The van der Waals surface area contributed by atoms with E-state index in [0.717, 1.165) is 17.4 Å². The normalized spacial score (nSPS) is 18.6. The molecule has 5 aromatic rings. The first-order chi connectivity index (χ1) is 27.5. The Kier molecular flexibility index (Phi) is 10.6. The average Bonchev–Trinajstić information content (AvgIpc) is 3.79. The van der Waals surface area contributed by atoms with E-state index in [0.29, 0.717) is 41.0 Å². The van der Waals surface area contributed by atoms with Crippen LogP contribution in [0.15, 0.2) is 59.8 Å². The molecular formula is C40H47BN10O7. The Labute approximate surface area is 335 Å². The molecule has 3 amide bonds. The minimum absolute atomic E-state index is 0.0388. The first kappa shape index (κ1) is 40.0. The second-order valence-corrected chi connectivity index (χ2v) is 16.0. The highest BCUT2D eigenvalue weighted by atomic mass is 16.7. The van der Waals surface area contributed by atoms with E-state index in [9.17, 15) is 19.2 Å². The Morgan fingerprint density at radius 1 is 1.00 bits per heavy atom. The van der Waals surface area contributed by atoms with Crippen molar-refractivity contribution in [1.29, 1.82) is 5.26 Å². The van der Waals surface area contributed by atoms with Gasteiger partial charge in [0.25, 0.3) is 0 Å². The number of fused-ring (bicyclic) bond motifs is 2. The van der Waals surface area contributed by atoms with Gasteiger partial charge in [-0.2, -0.15) is 5.26 Å². The first-order valence-corrected chi connectivity index (χ1v) is 19.1. The van der Waals surface area contributed by atoms with Crippen LogP contribution >= 0.6 is 0 Å². The number of nitrogens with one attached hydrogen (secondary N) is 2. The van der Waals surface area contributed by atoms with Gasteiger partial charge in [-0.05, 0) is 69.3 Å². The second-order valence-electron chi connectivity index (χ2n) is 16.0. The van der Waals surface area contributed by atoms with Crippen LogP contribution in [-0.4, -0.2) is 91.1 Å². The maximum Gasteiger partial charge on any atom is 0.494 e. The number of carbonyl (C=O) groups is 3. The van der Waals surface area contributed by atoms with Gasteiger partial charge in [0.05, 0.1) is 51.1 Å². The molecule has 2 N–H and O–H groups in total. The number of ether oxygens (including phenoxy) is 1. The van der Waals surface area contributed by atoms with Crippen molar-refractivity contribution in [2.24, 2.45) is 20.0 Å². The lowest BCUT2D eigenvalue weighted by Crippen LogP contribution is -2.52. The Morgan fingerprint density at radius 3 is 2.28 bits per heavy atom. The molecule has 2 aliphatic heterocycles. The fraction of sp³-hybridized carbons (Fsp3) is 0.425. The number of likely N-dealkylation sites (N-methyl/N-ethyl adjacent to an activating group) is 1. The van der Waals surface area contributed by atoms with E-state index in [-0.39, 0.29) is 48.0 Å². The van der Waals surface area contributed by atoms with Gasteiger partial charge >= 0.3 is 24.9 Å². The predicted molar refractivity (Wildman–Crippen MR) is 219 cm³/mol. The Morgan fingerprint density at radius 2 is 1.64 bits per heavy atom. The molecule has 0 bridgehead atoms. The molecule has 5 heterocycles. The number of nitrogens with zero attached hydrogens (tertiary/aromatic N) is 8. The number of likely N-dealkylation sites (tertiary alicyclic amines) is 1. The standard InChI is InChI=1S/C40H47BN10O7/c1-24-14-17-50(33(52)13-16-42)21-32(24)47(6)34-27-15-18-51(35(27)44-23-43-34)36(53)45-28-19-30-31(49(8)38(55)48(30)7)20-29(28)46-37(54)56-22-25-9-11-26(12-10-25)41-57-39(2,3)40(4,5)58-41/h9-12,15,18-20,23-24,32H,13-14,17,21-22H2,1-8H3,(H,45,53)(H,46,54)/t24-,32+/m1/s1. The van der Waals surface area contributed by atoms with Crippen LogP contribution in [0.4, 0.5) is 26.8 Å². The quantitative estimate of drug-likeness (QED) is 0.213. The van der Waals surface area contributed by atoms with E-state index in [1.807, 2.05) is 70.0 Å². The largest absolute Gasteiger partial charge is 0.494 e. The minimum Gasteiger partial charge on any atom is -0.444 e. The van der Waals surface area contributed by atoms with Gasteiger partial charge in [-0.3, -0.25) is 23.8 Å². The molecular weight excluding hydrogens is 743 g/mol. The Balaban J connectivity index is 1.09. The number of aromatic nitrogens is 5. The van der Waals surface area contributed by atoms with Gasteiger partial charge in [0.2, 0.25) is 5.91 Å². The van der Waals surface area contributed by atoms with Crippen LogP contribution in [0.3, 0.4) is 0 Å². The molecule has 2 fully saturated rings. The van der Waals surface area contributed by atoms with E-state index in [4.69, 9.17) is 19.3 Å². The number of amides is 3. The highest BCUT2D eigenvalue weighted by molar-refractivity contribution is 6.62. The van der Waals surface area contributed by atoms with E-state index in [1.54, 1.807) is 43.4 Å². The number of rotatable bonds is 8. The molecule has 0 unspecified atom stereocenters. The predicted octanol–water partition coefficient (Wildman–Crippen LogP) is 4.34. The smallest absolute Gasteiger partial charge is 0.444 e. The second kappa shape index (κ2) is 15.3. The lowest BCUT2D eigenvalue weighted by molar-refractivity contribution is -0.131. The van der Waals surface area contributed by atoms with Crippen molar-refractivity contribution in [1.82, 2.24) is 28.6 Å². The van der Waals surface area contributed by atoms with Crippen molar-refractivity contribution in [3.05, 3.63) is 71.0 Å². The highest BCUT2D eigenvalue weighted by Crippen LogP contribution is 2.37. The van der Waals surface area contributed by atoms with Gasteiger partial charge < -0.3 is 29.2 Å². The molecule has 58 heavy (non-hydrogen) atoms. The van der Waals surface area contributed by atoms with E-state index in [1.165, 1.54) is 20.0 Å². The number of carbonyl (C=O) groups excluding carboxylic acids is 3. The number of hydrogen-bond acceptors (Lipinski definition) is 11. The Hall–Kier alpha value is -6.19. The van der Waals surface area contributed by atoms with E-state index >= 15 is 0 Å². The molecule has 17 nitrogen and oxygen atoms in total. The summed E-state index contributed by atoms with van der Waals surface area (Å²) >= 11 is 0. The molecule has 3 aromatic heterocycles. The van der Waals surface area contributed by atoms with Crippen molar-refractivity contribution >= 4 is 69.9 Å². The van der Waals surface area contributed by atoms with Crippen molar-refractivity contribution < 1.29 is 28.4 Å². The lowest BCUT2D eigenvalue weighted by Gasteiger charge is -2.42. The molecule has 2 aromatic carbocycles. The number of piperidine rings is 1. The Bertz CT molecular complexity index is 2500. The number of imidazole rings is 1. The topological polar surface area (TPSA) is 191 Å². The van der Waals surface area contributed by atoms with Crippen LogP contribution in [0.25, 0.3) is 22.1 Å². The summed E-state index contributed by atoms with van der Waals surface area (Å²) in [6.07, 6.45) is 2.77. The monoisotopic (exact) mass is 790 g/mol. The van der Waals surface area contributed by atoms with Crippen LogP contribution in [0.5, 0.6) is 0 Å². The van der Waals surface area contributed by atoms with Crippen molar-refractivity contribution in [2.75, 3.05) is 35.7 Å². The molecule has 2 aliphatic rings. The van der Waals surface area contributed by atoms with Crippen LogP contribution in [0.2, 0.25) is 0 Å². The fourth-order valence-electron chi connectivity index (χ4n) is 7.47. The molecule has 0 aliphatic carbocycles. The van der Waals surface area contributed by atoms with E-state index < -0.39 is 30.4 Å². The minimum atomic E-state index is -0.775. The highest BCUT2D eigenvalue weighted by Gasteiger charge is 2.51. The van der Waals surface area contributed by atoms with Crippen LogP contribution < -0.4 is 26.7 Å². The van der Waals surface area contributed by atoms with Gasteiger partial charge in [0, 0.05) is 40.4 Å². The number of hydrogen-bond donors (Lipinski definition) is 2. The first-order valence-electron chi connectivity index (χ1n) is 19.1. The zero-order valence-electron chi connectivity index (χ0n) is 33.9. The third-order valence-corrected chi connectivity index (χ3v) is 11.8. The SMILES string of the molecule is C[C@@H]1CCN(C(=O)CC#N)C[C@@H]1N(C)c1ncnc2c1ccn2C(=O)Nc1cc2c(cc1NC(=O)OCc1ccc(B3OC(C)(C)C(C)(C)O3)cc1)n(C)c(=O)n2C. The summed E-state index contributed by atoms with van der Waals surface area (Å²) < 4.78 is 22.1. The van der Waals surface area contributed by atoms with Gasteiger partial charge in [-0.25, -0.2) is 24.4 Å². The van der Waals surface area contributed by atoms with Gasteiger partial charge in [-0.15, -0.1) is 0 Å². The number of aryl methyl sites for hydroxylation is 2. The van der Waals surface area contributed by atoms with Crippen LogP contribution in [0, 0.1) is 17.2 Å². The zero-order chi connectivity index (χ0) is 41.7. The van der Waals surface area contributed by atoms with Crippen molar-refractivity contribution in [2.45, 2.75) is 71.3 Å². The molecule has 0 spiro atoms. The van der Waals surface area contributed by atoms with Crippen molar-refractivity contribution in [3.63, 3.8) is 0 Å². The summed E-state index contributed by atoms with van der Waals surface area (Å²) in [5.74, 6) is 0.599. The van der Waals surface area contributed by atoms with Gasteiger partial charge in [-0.1, -0.05) is 31.2 Å². The van der Waals surface area contributed by atoms with E-state index in [2.05, 4.69) is 27.5 Å². The molecule has 18 heteroatoms. The van der Waals surface area contributed by atoms with Crippen LogP contribution in [0.1, 0.15) is 53.0 Å². The van der Waals surface area contributed by atoms with Crippen molar-refractivity contribution in [3.8, 4) is 6.07 Å². The summed E-state index contributed by atoms with van der Waals surface area (Å²) in [5, 5.41) is 15.3. The lowest BCUT2D eigenvalue weighted by atomic mass is 9.79. The summed E-state index contributed by atoms with van der Waals surface area (Å²) in [6, 6.07) is 13.6. The van der Waals surface area contributed by atoms with Gasteiger partial charge in [0.15, 0.2) is 5.65 Å². The molecule has 2 atom stereocenters. The fourth-order valence-corrected chi connectivity index (χ4v) is 7.47. The molecule has 0 saturated carbocycles. The molecule has 302 valence electrons. The number of nitriles is 1.